The molecule has 26 heavy (non-hydrogen) atoms. The summed E-state index contributed by atoms with van der Waals surface area (Å²) in [7, 11) is 0. The summed E-state index contributed by atoms with van der Waals surface area (Å²) in [5.41, 5.74) is 3.21. The third-order valence-corrected chi connectivity index (χ3v) is 5.68. The number of para-hydroxylation sites is 1. The molecule has 136 valence electrons. The van der Waals surface area contributed by atoms with E-state index >= 15 is 0 Å². The predicted octanol–water partition coefficient (Wildman–Crippen LogP) is 3.92. The molecule has 5 heteroatoms. The molecule has 0 saturated carbocycles. The molecule has 3 rings (SSSR count). The normalized spacial score (nSPS) is 16.1. The van der Waals surface area contributed by atoms with Crippen LogP contribution in [0.15, 0.2) is 53.4 Å². The van der Waals surface area contributed by atoms with Crippen molar-refractivity contribution in [2.24, 2.45) is 0 Å². The van der Waals surface area contributed by atoms with Gasteiger partial charge < -0.3 is 10.2 Å². The third-order valence-electron chi connectivity index (χ3n) is 4.53. The summed E-state index contributed by atoms with van der Waals surface area (Å²) in [5.74, 6) is -0.0787. The quantitative estimate of drug-likeness (QED) is 0.870. The second kappa shape index (κ2) is 8.41. The van der Waals surface area contributed by atoms with E-state index in [4.69, 9.17) is 0 Å². The van der Waals surface area contributed by atoms with Crippen molar-refractivity contribution in [1.29, 1.82) is 0 Å². The summed E-state index contributed by atoms with van der Waals surface area (Å²) in [6.07, 6.45) is 0.441. The SMILES string of the molecule is Cc1ccccc1CNC(=O)CCC(=O)N1CC(C)Sc2ccccc21. The first-order chi connectivity index (χ1) is 12.5. The standard InChI is InChI=1S/C21H24N2O2S/c1-15-7-3-4-8-17(15)13-22-20(24)11-12-21(25)23-14-16(2)26-19-10-6-5-9-18(19)23/h3-10,16H,11-14H2,1-2H3,(H,22,24). The lowest BCUT2D eigenvalue weighted by Crippen LogP contribution is -2.39. The number of hydrogen-bond donors (Lipinski definition) is 1. The minimum atomic E-state index is -0.0886. The van der Waals surface area contributed by atoms with E-state index in [9.17, 15) is 9.59 Å². The number of amides is 2. The number of aryl methyl sites for hydroxylation is 1. The van der Waals surface area contributed by atoms with Crippen LogP contribution in [0.4, 0.5) is 5.69 Å². The van der Waals surface area contributed by atoms with Gasteiger partial charge in [0.2, 0.25) is 11.8 Å². The van der Waals surface area contributed by atoms with Gasteiger partial charge in [-0.25, -0.2) is 0 Å². The second-order valence-corrected chi connectivity index (χ2v) is 8.08. The van der Waals surface area contributed by atoms with E-state index in [-0.39, 0.29) is 24.7 Å². The molecule has 1 unspecified atom stereocenters. The molecule has 1 aliphatic heterocycles. The molecule has 1 atom stereocenters. The Bertz CT molecular complexity index is 806. The Labute approximate surface area is 159 Å². The van der Waals surface area contributed by atoms with Gasteiger partial charge in [-0.15, -0.1) is 11.8 Å². The number of hydrogen-bond acceptors (Lipinski definition) is 3. The average molecular weight is 369 g/mol. The number of nitrogens with zero attached hydrogens (tertiary/aromatic N) is 1. The summed E-state index contributed by atoms with van der Waals surface area (Å²) in [6.45, 7) is 5.33. The van der Waals surface area contributed by atoms with E-state index in [1.54, 1.807) is 11.8 Å². The van der Waals surface area contributed by atoms with Crippen molar-refractivity contribution >= 4 is 29.3 Å². The maximum Gasteiger partial charge on any atom is 0.227 e. The van der Waals surface area contributed by atoms with Crippen LogP contribution in [0, 0.1) is 6.92 Å². The highest BCUT2D eigenvalue weighted by molar-refractivity contribution is 8.00. The fourth-order valence-electron chi connectivity index (χ4n) is 3.07. The molecule has 0 fully saturated rings. The lowest BCUT2D eigenvalue weighted by Gasteiger charge is -2.32. The minimum absolute atomic E-state index is 0.00985. The van der Waals surface area contributed by atoms with Gasteiger partial charge in [-0.3, -0.25) is 9.59 Å². The zero-order chi connectivity index (χ0) is 18.5. The summed E-state index contributed by atoms with van der Waals surface area (Å²) < 4.78 is 0. The largest absolute Gasteiger partial charge is 0.352 e. The van der Waals surface area contributed by atoms with E-state index in [2.05, 4.69) is 12.2 Å². The smallest absolute Gasteiger partial charge is 0.227 e. The van der Waals surface area contributed by atoms with Crippen LogP contribution in [0.2, 0.25) is 0 Å². The summed E-state index contributed by atoms with van der Waals surface area (Å²) in [6, 6.07) is 15.9. The number of nitrogens with one attached hydrogen (secondary N) is 1. The summed E-state index contributed by atoms with van der Waals surface area (Å²) in [5, 5.41) is 3.26. The van der Waals surface area contributed by atoms with E-state index in [0.29, 0.717) is 18.3 Å². The molecule has 2 aromatic carbocycles. The van der Waals surface area contributed by atoms with Crippen molar-refractivity contribution in [3.8, 4) is 0 Å². The molecule has 2 aromatic rings. The van der Waals surface area contributed by atoms with E-state index in [1.165, 1.54) is 0 Å². The van der Waals surface area contributed by atoms with Gasteiger partial charge in [-0.05, 0) is 30.2 Å². The van der Waals surface area contributed by atoms with Gasteiger partial charge >= 0.3 is 0 Å². The Kier molecular flexibility index (Phi) is 5.99. The predicted molar refractivity (Wildman–Crippen MR) is 106 cm³/mol. The highest BCUT2D eigenvalue weighted by atomic mass is 32.2. The van der Waals surface area contributed by atoms with Crippen LogP contribution >= 0.6 is 11.8 Å². The van der Waals surface area contributed by atoms with Crippen molar-refractivity contribution < 1.29 is 9.59 Å². The van der Waals surface area contributed by atoms with Gasteiger partial charge in [0.05, 0.1) is 5.69 Å². The van der Waals surface area contributed by atoms with Crippen LogP contribution in [0.1, 0.15) is 30.9 Å². The Morgan fingerprint density at radius 1 is 1.12 bits per heavy atom. The molecule has 1 N–H and O–H groups in total. The first-order valence-corrected chi connectivity index (χ1v) is 9.80. The van der Waals surface area contributed by atoms with E-state index in [1.807, 2.05) is 60.4 Å². The number of carbonyl (C=O) groups is 2. The van der Waals surface area contributed by atoms with Crippen LogP contribution < -0.4 is 10.2 Å². The summed E-state index contributed by atoms with van der Waals surface area (Å²) in [4.78, 5) is 27.8. The monoisotopic (exact) mass is 368 g/mol. The second-order valence-electron chi connectivity index (χ2n) is 6.60. The zero-order valence-electron chi connectivity index (χ0n) is 15.2. The number of carbonyl (C=O) groups excluding carboxylic acids is 2. The van der Waals surface area contributed by atoms with Crippen LogP contribution in [0.5, 0.6) is 0 Å². The number of thioether (sulfide) groups is 1. The number of fused-ring (bicyclic) bond motifs is 1. The van der Waals surface area contributed by atoms with Gasteiger partial charge in [-0.1, -0.05) is 43.3 Å². The third kappa shape index (κ3) is 4.47. The molecule has 4 nitrogen and oxygen atoms in total. The summed E-state index contributed by atoms with van der Waals surface area (Å²) >= 11 is 1.79. The Morgan fingerprint density at radius 3 is 2.65 bits per heavy atom. The fraction of sp³-hybridized carbons (Fsp3) is 0.333. The molecule has 0 spiro atoms. The lowest BCUT2D eigenvalue weighted by atomic mass is 10.1. The number of benzene rings is 2. The Morgan fingerprint density at radius 2 is 1.85 bits per heavy atom. The molecule has 0 aromatic heterocycles. The molecule has 0 aliphatic carbocycles. The molecule has 0 bridgehead atoms. The first-order valence-electron chi connectivity index (χ1n) is 8.92. The zero-order valence-corrected chi connectivity index (χ0v) is 16.0. The highest BCUT2D eigenvalue weighted by Gasteiger charge is 2.26. The highest BCUT2D eigenvalue weighted by Crippen LogP contribution is 2.38. The van der Waals surface area contributed by atoms with Gasteiger partial charge in [0.15, 0.2) is 0 Å². The maximum atomic E-state index is 12.7. The van der Waals surface area contributed by atoms with Crippen molar-refractivity contribution in [3.05, 3.63) is 59.7 Å². The molecular formula is C21H24N2O2S. The van der Waals surface area contributed by atoms with Crippen molar-refractivity contribution in [2.45, 2.75) is 43.4 Å². The molecular weight excluding hydrogens is 344 g/mol. The topological polar surface area (TPSA) is 49.4 Å². The van der Waals surface area contributed by atoms with Crippen LogP contribution in [0.25, 0.3) is 0 Å². The number of rotatable bonds is 5. The van der Waals surface area contributed by atoms with Crippen molar-refractivity contribution in [2.75, 3.05) is 11.4 Å². The molecule has 0 radical (unpaired) electrons. The Balaban J connectivity index is 1.54. The molecule has 0 saturated heterocycles. The van der Waals surface area contributed by atoms with Crippen molar-refractivity contribution in [3.63, 3.8) is 0 Å². The van der Waals surface area contributed by atoms with Gasteiger partial charge in [0.1, 0.15) is 0 Å². The molecule has 1 heterocycles. The fourth-order valence-corrected chi connectivity index (χ4v) is 4.18. The van der Waals surface area contributed by atoms with E-state index < -0.39 is 0 Å². The number of anilines is 1. The lowest BCUT2D eigenvalue weighted by molar-refractivity contribution is -0.125. The Hall–Kier alpha value is -2.27. The van der Waals surface area contributed by atoms with Gasteiger partial charge in [0, 0.05) is 36.1 Å². The van der Waals surface area contributed by atoms with Gasteiger partial charge in [-0.2, -0.15) is 0 Å². The molecule has 2 amide bonds. The van der Waals surface area contributed by atoms with Crippen LogP contribution in [0.3, 0.4) is 0 Å². The maximum absolute atomic E-state index is 12.7. The van der Waals surface area contributed by atoms with Crippen LogP contribution in [-0.4, -0.2) is 23.6 Å². The first kappa shape index (κ1) is 18.5. The van der Waals surface area contributed by atoms with Gasteiger partial charge in [0.25, 0.3) is 0 Å². The van der Waals surface area contributed by atoms with E-state index in [0.717, 1.165) is 21.7 Å². The minimum Gasteiger partial charge on any atom is -0.352 e. The molecule has 1 aliphatic rings. The van der Waals surface area contributed by atoms with Crippen molar-refractivity contribution in [1.82, 2.24) is 5.32 Å². The average Bonchev–Trinajstić information content (AvgIpc) is 2.64. The van der Waals surface area contributed by atoms with Crippen LogP contribution in [-0.2, 0) is 16.1 Å².